The van der Waals surface area contributed by atoms with Crippen LogP contribution in [-0.4, -0.2) is 24.0 Å². The Morgan fingerprint density at radius 2 is 2.14 bits per heavy atom. The molecule has 0 aromatic carbocycles. The Bertz CT molecular complexity index is 221. The van der Waals surface area contributed by atoms with Crippen LogP contribution in [0.15, 0.2) is 0 Å². The highest BCUT2D eigenvalue weighted by Crippen LogP contribution is 2.34. The lowest BCUT2D eigenvalue weighted by molar-refractivity contribution is 0.212. The van der Waals surface area contributed by atoms with Gasteiger partial charge in [0.2, 0.25) is 0 Å². The average molecular weight is 194 g/mol. The molecule has 2 atom stereocenters. The lowest BCUT2D eigenvalue weighted by Crippen LogP contribution is -2.33. The molecule has 2 nitrogen and oxygen atoms in total. The number of hydrogen-bond donors (Lipinski definition) is 0. The molecule has 1 aliphatic rings. The first-order chi connectivity index (χ1) is 6.49. The number of nitrogens with zero attached hydrogens (tertiary/aromatic N) is 2. The van der Waals surface area contributed by atoms with Gasteiger partial charge in [-0.2, -0.15) is 5.26 Å². The molecule has 0 aliphatic carbocycles. The summed E-state index contributed by atoms with van der Waals surface area (Å²) >= 11 is 0. The maximum atomic E-state index is 8.98. The van der Waals surface area contributed by atoms with Crippen LogP contribution < -0.4 is 0 Å². The van der Waals surface area contributed by atoms with Crippen molar-refractivity contribution in [1.82, 2.24) is 4.90 Å². The second-order valence-corrected chi connectivity index (χ2v) is 5.40. The normalized spacial score (nSPS) is 26.1. The van der Waals surface area contributed by atoms with E-state index in [1.165, 1.54) is 6.42 Å². The van der Waals surface area contributed by atoms with Gasteiger partial charge in [0.15, 0.2) is 0 Å². The quantitative estimate of drug-likeness (QED) is 0.675. The molecule has 1 fully saturated rings. The van der Waals surface area contributed by atoms with Crippen molar-refractivity contribution in [3.63, 3.8) is 0 Å². The molecule has 14 heavy (non-hydrogen) atoms. The van der Waals surface area contributed by atoms with Crippen molar-refractivity contribution < 1.29 is 0 Å². The minimum absolute atomic E-state index is 0.141. The SMILES string of the molecule is CCC(C#N)N1CCC(C(C)(C)C)C1. The second kappa shape index (κ2) is 4.31. The summed E-state index contributed by atoms with van der Waals surface area (Å²) < 4.78 is 0. The van der Waals surface area contributed by atoms with Crippen molar-refractivity contribution in [2.24, 2.45) is 11.3 Å². The third-order valence-electron chi connectivity index (χ3n) is 3.42. The summed E-state index contributed by atoms with van der Waals surface area (Å²) in [5.41, 5.74) is 0.391. The van der Waals surface area contributed by atoms with Crippen LogP contribution in [0.2, 0.25) is 0 Å². The van der Waals surface area contributed by atoms with Crippen LogP contribution in [0.5, 0.6) is 0 Å². The molecule has 0 saturated carbocycles. The van der Waals surface area contributed by atoms with Gasteiger partial charge in [0.1, 0.15) is 0 Å². The van der Waals surface area contributed by atoms with Gasteiger partial charge in [-0.05, 0) is 30.7 Å². The Labute approximate surface area is 87.9 Å². The fraction of sp³-hybridized carbons (Fsp3) is 0.917. The minimum Gasteiger partial charge on any atom is -0.288 e. The lowest BCUT2D eigenvalue weighted by Gasteiger charge is -2.28. The van der Waals surface area contributed by atoms with E-state index in [-0.39, 0.29) is 6.04 Å². The summed E-state index contributed by atoms with van der Waals surface area (Å²) in [7, 11) is 0. The molecular formula is C12H22N2. The van der Waals surface area contributed by atoms with Crippen molar-refractivity contribution in [3.8, 4) is 6.07 Å². The van der Waals surface area contributed by atoms with E-state index in [2.05, 4.69) is 38.7 Å². The fourth-order valence-corrected chi connectivity index (χ4v) is 2.21. The first-order valence-electron chi connectivity index (χ1n) is 5.62. The number of likely N-dealkylation sites (tertiary alicyclic amines) is 1. The summed E-state index contributed by atoms with van der Waals surface area (Å²) in [6, 6.07) is 2.53. The predicted octanol–water partition coefficient (Wildman–Crippen LogP) is 2.66. The van der Waals surface area contributed by atoms with E-state index in [1.807, 2.05) is 0 Å². The van der Waals surface area contributed by atoms with Gasteiger partial charge in [-0.15, -0.1) is 0 Å². The molecule has 0 N–H and O–H groups in total. The Hall–Kier alpha value is -0.550. The topological polar surface area (TPSA) is 27.0 Å². The third kappa shape index (κ3) is 2.48. The van der Waals surface area contributed by atoms with Crippen LogP contribution in [0, 0.1) is 22.7 Å². The van der Waals surface area contributed by atoms with E-state index in [9.17, 15) is 0 Å². The van der Waals surface area contributed by atoms with Gasteiger partial charge < -0.3 is 0 Å². The number of rotatable bonds is 2. The highest BCUT2D eigenvalue weighted by atomic mass is 15.2. The lowest BCUT2D eigenvalue weighted by atomic mass is 9.80. The van der Waals surface area contributed by atoms with E-state index in [4.69, 9.17) is 5.26 Å². The Morgan fingerprint density at radius 3 is 2.50 bits per heavy atom. The van der Waals surface area contributed by atoms with Crippen LogP contribution in [0.1, 0.15) is 40.5 Å². The summed E-state index contributed by atoms with van der Waals surface area (Å²) in [6.45, 7) is 11.2. The number of hydrogen-bond acceptors (Lipinski definition) is 2. The maximum absolute atomic E-state index is 8.98. The molecule has 80 valence electrons. The molecule has 1 heterocycles. The van der Waals surface area contributed by atoms with E-state index in [1.54, 1.807) is 0 Å². The fourth-order valence-electron chi connectivity index (χ4n) is 2.21. The molecule has 0 bridgehead atoms. The van der Waals surface area contributed by atoms with Crippen molar-refractivity contribution >= 4 is 0 Å². The molecule has 0 radical (unpaired) electrons. The van der Waals surface area contributed by atoms with E-state index in [0.29, 0.717) is 5.41 Å². The molecular weight excluding hydrogens is 172 g/mol. The largest absolute Gasteiger partial charge is 0.288 e. The molecule has 0 aromatic heterocycles. The molecule has 0 spiro atoms. The van der Waals surface area contributed by atoms with Gasteiger partial charge in [-0.1, -0.05) is 27.7 Å². The average Bonchev–Trinajstić information content (AvgIpc) is 2.54. The van der Waals surface area contributed by atoms with Gasteiger partial charge in [0.25, 0.3) is 0 Å². The second-order valence-electron chi connectivity index (χ2n) is 5.40. The smallest absolute Gasteiger partial charge is 0.0975 e. The maximum Gasteiger partial charge on any atom is 0.0975 e. The van der Waals surface area contributed by atoms with Crippen LogP contribution >= 0.6 is 0 Å². The van der Waals surface area contributed by atoms with Crippen LogP contribution in [0.3, 0.4) is 0 Å². The molecule has 1 aliphatic heterocycles. The summed E-state index contributed by atoms with van der Waals surface area (Å²) in [5.74, 6) is 0.755. The minimum atomic E-state index is 0.141. The highest BCUT2D eigenvalue weighted by Gasteiger charge is 2.34. The molecule has 0 aromatic rings. The Kier molecular flexibility index (Phi) is 3.55. The van der Waals surface area contributed by atoms with Gasteiger partial charge in [0, 0.05) is 6.54 Å². The highest BCUT2D eigenvalue weighted by molar-refractivity contribution is 4.95. The predicted molar refractivity (Wildman–Crippen MR) is 58.8 cm³/mol. The summed E-state index contributed by atoms with van der Waals surface area (Å²) in [6.07, 6.45) is 2.20. The van der Waals surface area contributed by atoms with Crippen molar-refractivity contribution in [3.05, 3.63) is 0 Å². The van der Waals surface area contributed by atoms with Gasteiger partial charge >= 0.3 is 0 Å². The molecule has 0 amide bonds. The zero-order chi connectivity index (χ0) is 10.8. The zero-order valence-electron chi connectivity index (χ0n) is 9.88. The zero-order valence-corrected chi connectivity index (χ0v) is 9.88. The van der Waals surface area contributed by atoms with Crippen LogP contribution in [0.4, 0.5) is 0 Å². The van der Waals surface area contributed by atoms with E-state index in [0.717, 1.165) is 25.4 Å². The molecule has 2 heteroatoms. The molecule has 1 saturated heterocycles. The van der Waals surface area contributed by atoms with Crippen LogP contribution in [-0.2, 0) is 0 Å². The third-order valence-corrected chi connectivity index (χ3v) is 3.42. The Morgan fingerprint density at radius 1 is 1.50 bits per heavy atom. The summed E-state index contributed by atoms with van der Waals surface area (Å²) in [4.78, 5) is 2.34. The van der Waals surface area contributed by atoms with Gasteiger partial charge in [-0.25, -0.2) is 0 Å². The van der Waals surface area contributed by atoms with Crippen molar-refractivity contribution in [1.29, 1.82) is 5.26 Å². The molecule has 2 unspecified atom stereocenters. The van der Waals surface area contributed by atoms with Crippen molar-refractivity contribution in [2.75, 3.05) is 13.1 Å². The first-order valence-corrected chi connectivity index (χ1v) is 5.62. The van der Waals surface area contributed by atoms with E-state index >= 15 is 0 Å². The van der Waals surface area contributed by atoms with Gasteiger partial charge in [-0.3, -0.25) is 4.90 Å². The van der Waals surface area contributed by atoms with E-state index < -0.39 is 0 Å². The van der Waals surface area contributed by atoms with Gasteiger partial charge in [0.05, 0.1) is 12.1 Å². The first kappa shape index (κ1) is 11.5. The van der Waals surface area contributed by atoms with Crippen LogP contribution in [0.25, 0.3) is 0 Å². The van der Waals surface area contributed by atoms with Crippen molar-refractivity contribution in [2.45, 2.75) is 46.6 Å². The standard InChI is InChI=1S/C12H22N2/c1-5-11(8-13)14-7-6-10(9-14)12(2,3)4/h10-11H,5-7,9H2,1-4H3. The Balaban J connectivity index is 2.54. The monoisotopic (exact) mass is 194 g/mol. The number of nitriles is 1. The summed E-state index contributed by atoms with van der Waals surface area (Å²) in [5, 5.41) is 8.98. The molecule has 1 rings (SSSR count).